The van der Waals surface area contributed by atoms with Gasteiger partial charge in [0.15, 0.2) is 30.6 Å². The van der Waals surface area contributed by atoms with E-state index in [1.807, 2.05) is 16.3 Å². The molecule has 0 radical (unpaired) electrons. The number of pyridine rings is 1. The van der Waals surface area contributed by atoms with Gasteiger partial charge in [0, 0.05) is 54.0 Å². The summed E-state index contributed by atoms with van der Waals surface area (Å²) in [5.41, 5.74) is 1.72. The van der Waals surface area contributed by atoms with Crippen LogP contribution in [0.3, 0.4) is 0 Å². The zero-order chi connectivity index (χ0) is 39.2. The molecule has 2 amide bonds. The van der Waals surface area contributed by atoms with Gasteiger partial charge in [-0.15, -0.1) is 0 Å². The molecule has 8 nitrogen and oxygen atoms in total. The fourth-order valence-corrected chi connectivity index (χ4v) is 9.14. The predicted molar refractivity (Wildman–Crippen MR) is 205 cm³/mol. The van der Waals surface area contributed by atoms with Gasteiger partial charge >= 0.3 is 6.18 Å². The number of ether oxygens (including phenoxy) is 1. The molecule has 2 aromatic heterocycles. The van der Waals surface area contributed by atoms with E-state index >= 15 is 0 Å². The van der Waals surface area contributed by atoms with Crippen LogP contribution in [0.15, 0.2) is 79.1 Å². The molecule has 0 saturated carbocycles. The lowest BCUT2D eigenvalue weighted by Crippen LogP contribution is -2.33. The van der Waals surface area contributed by atoms with Gasteiger partial charge in [-0.2, -0.15) is 29.5 Å². The van der Waals surface area contributed by atoms with Crippen LogP contribution in [0.2, 0.25) is 0 Å². The highest BCUT2D eigenvalue weighted by atomic mass is 32.2. The maximum Gasteiger partial charge on any atom is 0.417 e. The first-order valence-electron chi connectivity index (χ1n) is 19.0. The normalized spacial score (nSPS) is 17.9. The van der Waals surface area contributed by atoms with E-state index in [1.165, 1.54) is 18.2 Å². The van der Waals surface area contributed by atoms with Crippen molar-refractivity contribution >= 4 is 34.6 Å². The summed E-state index contributed by atoms with van der Waals surface area (Å²) in [5, 5.41) is 6.49. The molecular weight excluding hydrogens is 750 g/mol. The Morgan fingerprint density at radius 3 is 2.64 bits per heavy atom. The Morgan fingerprint density at radius 2 is 1.82 bits per heavy atom. The fraction of sp³-hybridized carbons (Fsp3) is 0.381. The third kappa shape index (κ3) is 9.51. The summed E-state index contributed by atoms with van der Waals surface area (Å²) in [6, 6.07) is 16.8. The van der Waals surface area contributed by atoms with Gasteiger partial charge in [0.2, 0.25) is 11.8 Å². The number of fused-ring (bicyclic) bond motifs is 2. The number of thioether (sulfide) groups is 1. The number of unbranched alkanes of at least 4 members (excludes halogenated alkanes) is 3. The molecule has 14 heteroatoms. The highest BCUT2D eigenvalue weighted by Gasteiger charge is 2.42. The number of hydrogen-bond donors (Lipinski definition) is 3. The number of carbonyl (C=O) groups is 2. The summed E-state index contributed by atoms with van der Waals surface area (Å²) >= 11 is 1.93. The van der Waals surface area contributed by atoms with Crippen molar-refractivity contribution in [1.82, 2.24) is 20.6 Å². The van der Waals surface area contributed by atoms with E-state index in [9.17, 15) is 31.5 Å². The molecule has 0 bridgehead atoms. The van der Waals surface area contributed by atoms with Crippen molar-refractivity contribution in [3.63, 3.8) is 0 Å². The number of halogens is 5. The van der Waals surface area contributed by atoms with Crippen molar-refractivity contribution in [2.75, 3.05) is 18.9 Å². The summed E-state index contributed by atoms with van der Waals surface area (Å²) in [7, 11) is 0. The van der Waals surface area contributed by atoms with Crippen molar-refractivity contribution in [1.29, 1.82) is 0 Å². The SMILES string of the molecule is O=C(CCCC[C@H]1SC[C@H]2NC(=O)C[C@H]21)NCCCCCOc1ccc(-c2ccc(C[n+]3ccc4nc(-c5cccc(F)c5F)[nH]c4c3)cc2)c(C(F)(F)F)c1. The van der Waals surface area contributed by atoms with Crippen LogP contribution < -0.4 is 19.9 Å². The average Bonchev–Trinajstić information content (AvgIpc) is 3.88. The minimum absolute atomic E-state index is 0.0213. The second kappa shape index (κ2) is 17.4. The van der Waals surface area contributed by atoms with E-state index in [1.54, 1.807) is 48.8 Å². The van der Waals surface area contributed by atoms with E-state index in [0.29, 0.717) is 66.2 Å². The largest absolute Gasteiger partial charge is 0.494 e. The van der Waals surface area contributed by atoms with Crippen molar-refractivity contribution in [2.45, 2.75) is 75.4 Å². The third-order valence-corrected chi connectivity index (χ3v) is 12.0. The molecule has 3 atom stereocenters. The summed E-state index contributed by atoms with van der Waals surface area (Å²) in [5.74, 6) is -0.0282. The van der Waals surface area contributed by atoms with E-state index in [0.717, 1.165) is 55.6 Å². The van der Waals surface area contributed by atoms with Gasteiger partial charge in [-0.3, -0.25) is 9.59 Å². The Bertz CT molecular complexity index is 2180. The van der Waals surface area contributed by atoms with Crippen molar-refractivity contribution in [2.24, 2.45) is 5.92 Å². The van der Waals surface area contributed by atoms with Gasteiger partial charge in [-0.1, -0.05) is 42.8 Å². The molecule has 7 rings (SSSR count). The number of imidazole rings is 1. The van der Waals surface area contributed by atoms with Gasteiger partial charge in [0.05, 0.1) is 17.7 Å². The monoisotopic (exact) mass is 792 g/mol. The second-order valence-electron chi connectivity index (χ2n) is 14.4. The number of aromatic amines is 1. The topological polar surface area (TPSA) is 100.0 Å². The average molecular weight is 793 g/mol. The van der Waals surface area contributed by atoms with Gasteiger partial charge in [-0.25, -0.2) is 13.8 Å². The van der Waals surface area contributed by atoms with Crippen molar-refractivity contribution < 1.29 is 40.8 Å². The standard InChI is InChI=1S/C42H42F5N5O3S/c43-33-8-6-7-30(40(33)44)41-50-34-17-19-52(24-35(34)51-41)23-26-11-13-27(14-12-26)29-16-15-28(21-32(29)42(45,46)47)55-20-5-1-4-18-48-38(53)10-3-2-9-37-31-22-39(54)49-36(31)25-56-37/h6-8,11-17,19,21,24,31,36-37H,1-5,9-10,18,20,22-23,25H2,(H2,48,49,53,54)/p+1/t31-,36-,37-/m1/s1. The maximum absolute atomic E-state index is 14.3. The van der Waals surface area contributed by atoms with E-state index in [4.69, 9.17) is 4.74 Å². The third-order valence-electron chi connectivity index (χ3n) is 10.4. The zero-order valence-electron chi connectivity index (χ0n) is 30.6. The molecule has 3 N–H and O–H groups in total. The lowest BCUT2D eigenvalue weighted by molar-refractivity contribution is -0.687. The summed E-state index contributed by atoms with van der Waals surface area (Å²) in [6.45, 7) is 1.21. The second-order valence-corrected chi connectivity index (χ2v) is 15.7. The molecule has 2 aliphatic rings. The maximum atomic E-state index is 14.3. The molecule has 0 aliphatic carbocycles. The number of rotatable bonds is 16. The van der Waals surface area contributed by atoms with E-state index < -0.39 is 23.4 Å². The number of H-pyrrole nitrogens is 1. The lowest BCUT2D eigenvalue weighted by Gasteiger charge is -2.16. The number of carbonyl (C=O) groups excluding carboxylic acids is 2. The fourth-order valence-electron chi connectivity index (χ4n) is 7.49. The van der Waals surface area contributed by atoms with Gasteiger partial charge in [-0.05, 0) is 67.5 Å². The molecule has 5 aromatic rings. The van der Waals surface area contributed by atoms with Crippen LogP contribution in [0.4, 0.5) is 22.0 Å². The first kappa shape index (κ1) is 39.3. The lowest BCUT2D eigenvalue weighted by atomic mass is 9.94. The molecule has 3 aromatic carbocycles. The Labute approximate surface area is 325 Å². The van der Waals surface area contributed by atoms with Crippen LogP contribution in [-0.4, -0.2) is 52.0 Å². The van der Waals surface area contributed by atoms with Crippen LogP contribution in [-0.2, 0) is 22.3 Å². The van der Waals surface area contributed by atoms with Gasteiger partial charge in [0.25, 0.3) is 0 Å². The Kier molecular flexibility index (Phi) is 12.2. The smallest absolute Gasteiger partial charge is 0.417 e. The number of benzene rings is 3. The van der Waals surface area contributed by atoms with E-state index in [-0.39, 0.29) is 41.1 Å². The highest BCUT2D eigenvalue weighted by Crippen LogP contribution is 2.41. The first-order chi connectivity index (χ1) is 27.0. The number of nitrogens with zero attached hydrogens (tertiary/aromatic N) is 2. The summed E-state index contributed by atoms with van der Waals surface area (Å²) < 4.78 is 78.3. The number of hydrogen-bond acceptors (Lipinski definition) is 5. The van der Waals surface area contributed by atoms with Crippen molar-refractivity contribution in [3.05, 3.63) is 102 Å². The van der Waals surface area contributed by atoms with Crippen molar-refractivity contribution in [3.8, 4) is 28.3 Å². The summed E-state index contributed by atoms with van der Waals surface area (Å²) in [4.78, 5) is 31.3. The van der Waals surface area contributed by atoms with E-state index in [2.05, 4.69) is 20.6 Å². The molecule has 2 aliphatic heterocycles. The number of alkyl halides is 3. The predicted octanol–water partition coefficient (Wildman–Crippen LogP) is 8.38. The van der Waals surface area contributed by atoms with Crippen LogP contribution in [0.1, 0.15) is 62.5 Å². The zero-order valence-corrected chi connectivity index (χ0v) is 31.5. The molecular formula is C42H43F5N5O3S+. The number of aromatic nitrogens is 3. The number of nitrogens with one attached hydrogen (secondary N) is 3. The molecule has 0 spiro atoms. The molecule has 294 valence electrons. The van der Waals surface area contributed by atoms with Gasteiger partial charge in [0.1, 0.15) is 22.6 Å². The minimum Gasteiger partial charge on any atom is -0.494 e. The molecule has 2 fully saturated rings. The highest BCUT2D eigenvalue weighted by molar-refractivity contribution is 8.00. The Balaban J connectivity index is 0.847. The molecule has 0 unspecified atom stereocenters. The first-order valence-corrected chi connectivity index (χ1v) is 20.0. The minimum atomic E-state index is -4.60. The molecule has 56 heavy (non-hydrogen) atoms. The summed E-state index contributed by atoms with van der Waals surface area (Å²) in [6.07, 6.45) is 5.01. The quantitative estimate of drug-likeness (QED) is 0.0530. The molecule has 4 heterocycles. The van der Waals surface area contributed by atoms with Crippen LogP contribution in [0, 0.1) is 17.6 Å². The van der Waals surface area contributed by atoms with Crippen LogP contribution in [0.25, 0.3) is 33.5 Å². The number of amides is 2. The van der Waals surface area contributed by atoms with Gasteiger partial charge < -0.3 is 20.4 Å². The molecule has 2 saturated heterocycles. The Morgan fingerprint density at radius 1 is 0.982 bits per heavy atom. The van der Waals surface area contributed by atoms with Crippen LogP contribution in [0.5, 0.6) is 5.75 Å². The Hall–Kier alpha value is -4.98. The van der Waals surface area contributed by atoms with Crippen LogP contribution >= 0.6 is 11.8 Å².